The number of hydrogen-bond donors (Lipinski definition) is 1. The fourth-order valence-corrected chi connectivity index (χ4v) is 0.904. The summed E-state index contributed by atoms with van der Waals surface area (Å²) in [6.45, 7) is 0. The molecule has 1 heterocycles. The van der Waals surface area contributed by atoms with Crippen molar-refractivity contribution in [2.45, 2.75) is 6.43 Å². The molecule has 0 amide bonds. The molecular formula is C8H3F3N2O2. The zero-order valence-electron chi connectivity index (χ0n) is 7.04. The van der Waals surface area contributed by atoms with Crippen molar-refractivity contribution in [3.8, 4) is 6.07 Å². The van der Waals surface area contributed by atoms with Gasteiger partial charge in [0, 0.05) is 0 Å². The number of nitriles is 1. The highest BCUT2D eigenvalue weighted by molar-refractivity contribution is 5.88. The lowest BCUT2D eigenvalue weighted by Crippen LogP contribution is -2.08. The molecule has 0 spiro atoms. The van der Waals surface area contributed by atoms with Crippen molar-refractivity contribution in [3.63, 3.8) is 0 Å². The largest absolute Gasteiger partial charge is 0.476 e. The fourth-order valence-electron chi connectivity index (χ4n) is 0.904. The first-order valence-corrected chi connectivity index (χ1v) is 3.59. The van der Waals surface area contributed by atoms with E-state index in [1.165, 1.54) is 6.07 Å². The topological polar surface area (TPSA) is 74.0 Å². The Kier molecular flexibility index (Phi) is 2.90. The zero-order valence-corrected chi connectivity index (χ0v) is 7.04. The van der Waals surface area contributed by atoms with E-state index in [2.05, 4.69) is 4.98 Å². The van der Waals surface area contributed by atoms with Gasteiger partial charge in [0.05, 0.1) is 5.56 Å². The molecule has 1 rings (SSSR count). The summed E-state index contributed by atoms with van der Waals surface area (Å²) in [6, 6.07) is 1.78. The van der Waals surface area contributed by atoms with E-state index in [0.29, 0.717) is 6.07 Å². The van der Waals surface area contributed by atoms with Gasteiger partial charge >= 0.3 is 5.97 Å². The van der Waals surface area contributed by atoms with E-state index in [-0.39, 0.29) is 0 Å². The second-order valence-corrected chi connectivity index (χ2v) is 2.47. The van der Waals surface area contributed by atoms with Crippen LogP contribution in [0.15, 0.2) is 6.07 Å². The summed E-state index contributed by atoms with van der Waals surface area (Å²) in [6.07, 6.45) is -3.23. The number of alkyl halides is 2. The van der Waals surface area contributed by atoms with Crippen LogP contribution in [-0.4, -0.2) is 16.1 Å². The van der Waals surface area contributed by atoms with Crippen molar-refractivity contribution >= 4 is 5.97 Å². The first-order valence-electron chi connectivity index (χ1n) is 3.59. The van der Waals surface area contributed by atoms with Crippen LogP contribution in [0.4, 0.5) is 13.2 Å². The van der Waals surface area contributed by atoms with Crippen LogP contribution in [0.5, 0.6) is 0 Å². The molecule has 0 saturated carbocycles. The number of aromatic nitrogens is 1. The summed E-state index contributed by atoms with van der Waals surface area (Å²) in [7, 11) is 0. The van der Waals surface area contributed by atoms with E-state index in [1.54, 1.807) is 0 Å². The molecule has 0 unspecified atom stereocenters. The number of carboxylic acid groups (broad SMARTS) is 1. The van der Waals surface area contributed by atoms with Gasteiger partial charge in [0.15, 0.2) is 11.5 Å². The fraction of sp³-hybridized carbons (Fsp3) is 0.125. The lowest BCUT2D eigenvalue weighted by molar-refractivity contribution is 0.0688. The van der Waals surface area contributed by atoms with Crippen LogP contribution >= 0.6 is 0 Å². The Balaban J connectivity index is 3.45. The number of carbonyl (C=O) groups is 1. The first-order chi connectivity index (χ1) is 6.97. The van der Waals surface area contributed by atoms with Gasteiger partial charge in [-0.15, -0.1) is 0 Å². The SMILES string of the molecule is N#Cc1cc(F)c(C(F)F)nc1C(=O)O. The average Bonchev–Trinajstić information content (AvgIpc) is 2.16. The lowest BCUT2D eigenvalue weighted by atomic mass is 10.2. The second-order valence-electron chi connectivity index (χ2n) is 2.47. The molecule has 0 aliphatic carbocycles. The van der Waals surface area contributed by atoms with Crippen LogP contribution in [0.1, 0.15) is 28.2 Å². The minimum absolute atomic E-state index is 0.429. The quantitative estimate of drug-likeness (QED) is 0.816. The molecule has 0 aliphatic heterocycles. The van der Waals surface area contributed by atoms with Crippen LogP contribution in [-0.2, 0) is 0 Å². The third-order valence-electron chi connectivity index (χ3n) is 1.53. The molecule has 0 aliphatic rings. The molecule has 7 heteroatoms. The molecule has 0 radical (unpaired) electrons. The predicted octanol–water partition coefficient (Wildman–Crippen LogP) is 1.73. The van der Waals surface area contributed by atoms with E-state index in [0.717, 1.165) is 0 Å². The summed E-state index contributed by atoms with van der Waals surface area (Å²) < 4.78 is 37.1. The van der Waals surface area contributed by atoms with Gasteiger partial charge in [0.2, 0.25) is 0 Å². The maximum Gasteiger partial charge on any atom is 0.355 e. The van der Waals surface area contributed by atoms with Gasteiger partial charge in [-0.2, -0.15) is 5.26 Å². The van der Waals surface area contributed by atoms with E-state index in [1.807, 2.05) is 0 Å². The Morgan fingerprint density at radius 1 is 1.60 bits per heavy atom. The number of hydrogen-bond acceptors (Lipinski definition) is 3. The number of rotatable bonds is 2. The van der Waals surface area contributed by atoms with Gasteiger partial charge in [-0.05, 0) is 6.07 Å². The Morgan fingerprint density at radius 3 is 2.60 bits per heavy atom. The molecule has 0 saturated heterocycles. The standard InChI is InChI=1S/C8H3F3N2O2/c9-4-1-3(2-12)5(8(14)15)13-6(4)7(10)11/h1,7H,(H,14,15). The van der Waals surface area contributed by atoms with Crippen LogP contribution in [0.3, 0.4) is 0 Å². The average molecular weight is 216 g/mol. The summed E-state index contributed by atoms with van der Waals surface area (Å²) in [4.78, 5) is 13.4. The van der Waals surface area contributed by atoms with Crippen molar-refractivity contribution in [2.24, 2.45) is 0 Å². The molecule has 0 fully saturated rings. The Labute approximate surface area is 81.6 Å². The summed E-state index contributed by atoms with van der Waals surface area (Å²) >= 11 is 0. The van der Waals surface area contributed by atoms with Crippen LogP contribution in [0.25, 0.3) is 0 Å². The summed E-state index contributed by atoms with van der Waals surface area (Å²) in [5, 5.41) is 16.9. The number of aromatic carboxylic acids is 1. The highest BCUT2D eigenvalue weighted by Gasteiger charge is 2.21. The van der Waals surface area contributed by atoms with Gasteiger partial charge in [-0.3, -0.25) is 0 Å². The molecule has 1 N–H and O–H groups in total. The summed E-state index contributed by atoms with van der Waals surface area (Å²) in [5.74, 6) is -3.06. The molecule has 1 aromatic heterocycles. The van der Waals surface area contributed by atoms with Crippen LogP contribution < -0.4 is 0 Å². The van der Waals surface area contributed by atoms with Gasteiger partial charge < -0.3 is 5.11 Å². The summed E-state index contributed by atoms with van der Waals surface area (Å²) in [5.41, 5.74) is -2.75. The monoisotopic (exact) mass is 216 g/mol. The minimum atomic E-state index is -3.23. The molecule has 4 nitrogen and oxygen atoms in total. The number of carboxylic acids is 1. The smallest absolute Gasteiger partial charge is 0.355 e. The maximum absolute atomic E-state index is 12.8. The number of nitrogens with zero attached hydrogens (tertiary/aromatic N) is 2. The number of pyridine rings is 1. The van der Waals surface area contributed by atoms with E-state index in [9.17, 15) is 18.0 Å². The maximum atomic E-state index is 12.8. The van der Waals surface area contributed by atoms with Gasteiger partial charge in [0.25, 0.3) is 6.43 Å². The molecule has 0 aromatic carbocycles. The highest BCUT2D eigenvalue weighted by Crippen LogP contribution is 2.21. The Morgan fingerprint density at radius 2 is 2.20 bits per heavy atom. The predicted molar refractivity (Wildman–Crippen MR) is 40.8 cm³/mol. The minimum Gasteiger partial charge on any atom is -0.476 e. The third kappa shape index (κ3) is 2.04. The van der Waals surface area contributed by atoms with Gasteiger partial charge in [-0.1, -0.05) is 0 Å². The van der Waals surface area contributed by atoms with E-state index in [4.69, 9.17) is 10.4 Å². The Hall–Kier alpha value is -2.10. The van der Waals surface area contributed by atoms with Crippen LogP contribution in [0.2, 0.25) is 0 Å². The molecular weight excluding hydrogens is 213 g/mol. The second kappa shape index (κ2) is 3.96. The third-order valence-corrected chi connectivity index (χ3v) is 1.53. The Bertz CT molecular complexity index is 454. The van der Waals surface area contributed by atoms with E-state index >= 15 is 0 Å². The van der Waals surface area contributed by atoms with E-state index < -0.39 is 35.2 Å². The van der Waals surface area contributed by atoms with Crippen molar-refractivity contribution in [1.29, 1.82) is 5.26 Å². The molecule has 0 bridgehead atoms. The van der Waals surface area contributed by atoms with Gasteiger partial charge in [-0.25, -0.2) is 22.9 Å². The zero-order chi connectivity index (χ0) is 11.6. The van der Waals surface area contributed by atoms with Crippen LogP contribution in [0, 0.1) is 17.1 Å². The van der Waals surface area contributed by atoms with Crippen molar-refractivity contribution < 1.29 is 23.1 Å². The first kappa shape index (κ1) is 11.0. The normalized spacial score (nSPS) is 10.1. The molecule has 78 valence electrons. The van der Waals surface area contributed by atoms with Crippen molar-refractivity contribution in [3.05, 3.63) is 28.8 Å². The van der Waals surface area contributed by atoms with Crippen molar-refractivity contribution in [1.82, 2.24) is 4.98 Å². The lowest BCUT2D eigenvalue weighted by Gasteiger charge is -2.03. The molecule has 1 aromatic rings. The number of halogens is 3. The van der Waals surface area contributed by atoms with Crippen molar-refractivity contribution in [2.75, 3.05) is 0 Å². The molecule has 15 heavy (non-hydrogen) atoms. The van der Waals surface area contributed by atoms with Gasteiger partial charge in [0.1, 0.15) is 11.8 Å². The molecule has 0 atom stereocenters. The highest BCUT2D eigenvalue weighted by atomic mass is 19.3.